The minimum atomic E-state index is 0.0751. The topological polar surface area (TPSA) is 43.8 Å². The maximum absolute atomic E-state index is 6.17. The van der Waals surface area contributed by atoms with Gasteiger partial charge >= 0.3 is 0 Å². The second kappa shape index (κ2) is 4.80. The zero-order valence-electron chi connectivity index (χ0n) is 9.68. The van der Waals surface area contributed by atoms with Gasteiger partial charge in [0.2, 0.25) is 0 Å². The van der Waals surface area contributed by atoms with Gasteiger partial charge in [-0.05, 0) is 48.2 Å². The molecule has 0 bridgehead atoms. The molecule has 3 nitrogen and oxygen atoms in total. The highest BCUT2D eigenvalue weighted by Gasteiger charge is 2.11. The van der Waals surface area contributed by atoms with Gasteiger partial charge in [0.05, 0.1) is 11.4 Å². The molecule has 86 valence electrons. The number of hydrogen-bond acceptors (Lipinski definition) is 3. The van der Waals surface area contributed by atoms with Gasteiger partial charge in [0.25, 0.3) is 0 Å². The van der Waals surface area contributed by atoms with Gasteiger partial charge in [0.15, 0.2) is 0 Å². The number of thiophene rings is 1. The molecule has 0 saturated heterocycles. The molecule has 2 rings (SSSR count). The fourth-order valence-electron chi connectivity index (χ4n) is 1.88. The van der Waals surface area contributed by atoms with Crippen molar-refractivity contribution >= 4 is 11.3 Å². The van der Waals surface area contributed by atoms with Gasteiger partial charge in [-0.1, -0.05) is 0 Å². The van der Waals surface area contributed by atoms with Crippen LogP contribution in [-0.2, 0) is 13.5 Å². The summed E-state index contributed by atoms with van der Waals surface area (Å²) in [6.45, 7) is 2.00. The molecule has 4 heteroatoms. The lowest BCUT2D eigenvalue weighted by Crippen LogP contribution is -2.15. The van der Waals surface area contributed by atoms with Crippen molar-refractivity contribution in [3.8, 4) is 0 Å². The summed E-state index contributed by atoms with van der Waals surface area (Å²) < 4.78 is 1.88. The molecule has 0 aliphatic heterocycles. The predicted octanol–water partition coefficient (Wildman–Crippen LogP) is 2.42. The summed E-state index contributed by atoms with van der Waals surface area (Å²) >= 11 is 1.74. The molecule has 1 unspecified atom stereocenters. The van der Waals surface area contributed by atoms with Crippen molar-refractivity contribution in [2.45, 2.75) is 25.8 Å². The van der Waals surface area contributed by atoms with Gasteiger partial charge in [-0.2, -0.15) is 16.4 Å². The van der Waals surface area contributed by atoms with E-state index in [1.54, 1.807) is 11.3 Å². The van der Waals surface area contributed by atoms with Crippen LogP contribution in [-0.4, -0.2) is 9.78 Å². The standard InChI is InChI=1S/C12H17N3S/c1-9-7-12(15(2)14-9)11(13)4-3-10-5-6-16-8-10/h5-8,11H,3-4,13H2,1-2H3. The summed E-state index contributed by atoms with van der Waals surface area (Å²) in [6, 6.07) is 4.30. The van der Waals surface area contributed by atoms with E-state index in [-0.39, 0.29) is 6.04 Å². The Hall–Kier alpha value is -1.13. The maximum Gasteiger partial charge on any atom is 0.0597 e. The summed E-state index contributed by atoms with van der Waals surface area (Å²) in [5.74, 6) is 0. The number of nitrogens with two attached hydrogens (primary N) is 1. The molecule has 2 N–H and O–H groups in total. The molecule has 0 fully saturated rings. The molecule has 1 atom stereocenters. The fraction of sp³-hybridized carbons (Fsp3) is 0.417. The molecule has 2 aromatic rings. The van der Waals surface area contributed by atoms with Crippen molar-refractivity contribution in [1.82, 2.24) is 9.78 Å². The summed E-state index contributed by atoms with van der Waals surface area (Å²) in [6.07, 6.45) is 2.00. The van der Waals surface area contributed by atoms with Crippen molar-refractivity contribution in [2.24, 2.45) is 12.8 Å². The van der Waals surface area contributed by atoms with E-state index in [9.17, 15) is 0 Å². The molecule has 0 radical (unpaired) electrons. The van der Waals surface area contributed by atoms with E-state index in [4.69, 9.17) is 5.73 Å². The van der Waals surface area contributed by atoms with Crippen LogP contribution in [0.2, 0.25) is 0 Å². The highest BCUT2D eigenvalue weighted by Crippen LogP contribution is 2.18. The monoisotopic (exact) mass is 235 g/mol. The van der Waals surface area contributed by atoms with Crippen LogP contribution in [0.1, 0.15) is 29.4 Å². The van der Waals surface area contributed by atoms with Crippen LogP contribution >= 0.6 is 11.3 Å². The van der Waals surface area contributed by atoms with E-state index >= 15 is 0 Å². The first-order valence-corrected chi connectivity index (χ1v) is 6.38. The number of aryl methyl sites for hydroxylation is 3. The number of aromatic nitrogens is 2. The SMILES string of the molecule is Cc1cc(C(N)CCc2ccsc2)n(C)n1. The molecule has 2 heterocycles. The van der Waals surface area contributed by atoms with E-state index in [2.05, 4.69) is 28.0 Å². The third kappa shape index (κ3) is 2.51. The smallest absolute Gasteiger partial charge is 0.0597 e. The average Bonchev–Trinajstić information content (AvgIpc) is 2.84. The molecular formula is C12H17N3S. The molecule has 0 amide bonds. The van der Waals surface area contributed by atoms with Gasteiger partial charge in [-0.3, -0.25) is 4.68 Å². The van der Waals surface area contributed by atoms with Crippen molar-refractivity contribution in [3.05, 3.63) is 39.8 Å². The Kier molecular flexibility index (Phi) is 3.41. The van der Waals surface area contributed by atoms with Crippen LogP contribution in [0.4, 0.5) is 0 Å². The van der Waals surface area contributed by atoms with E-state index in [0.29, 0.717) is 0 Å². The van der Waals surface area contributed by atoms with E-state index in [1.165, 1.54) is 5.56 Å². The molecule has 16 heavy (non-hydrogen) atoms. The number of hydrogen-bond donors (Lipinski definition) is 1. The third-order valence-corrected chi connectivity index (χ3v) is 3.47. The third-order valence-electron chi connectivity index (χ3n) is 2.74. The Morgan fingerprint density at radius 1 is 1.56 bits per heavy atom. The predicted molar refractivity (Wildman–Crippen MR) is 67.5 cm³/mol. The van der Waals surface area contributed by atoms with E-state index in [1.807, 2.05) is 18.7 Å². The summed E-state index contributed by atoms with van der Waals surface area (Å²) in [5, 5.41) is 8.60. The van der Waals surface area contributed by atoms with Crippen LogP contribution in [0.3, 0.4) is 0 Å². The summed E-state index contributed by atoms with van der Waals surface area (Å²) in [4.78, 5) is 0. The molecule has 0 aliphatic carbocycles. The first-order valence-electron chi connectivity index (χ1n) is 5.44. The molecule has 0 aliphatic rings. The van der Waals surface area contributed by atoms with Crippen LogP contribution in [0, 0.1) is 6.92 Å². The Morgan fingerprint density at radius 3 is 2.94 bits per heavy atom. The summed E-state index contributed by atoms with van der Waals surface area (Å²) in [5.41, 5.74) is 9.69. The Labute approximate surface area is 99.9 Å². The van der Waals surface area contributed by atoms with Crippen molar-refractivity contribution < 1.29 is 0 Å². The molecule has 0 aromatic carbocycles. The van der Waals surface area contributed by atoms with Gasteiger partial charge in [-0.15, -0.1) is 0 Å². The van der Waals surface area contributed by atoms with Crippen molar-refractivity contribution in [3.63, 3.8) is 0 Å². The minimum Gasteiger partial charge on any atom is -0.323 e. The lowest BCUT2D eigenvalue weighted by atomic mass is 10.1. The molecule has 2 aromatic heterocycles. The van der Waals surface area contributed by atoms with E-state index < -0.39 is 0 Å². The van der Waals surface area contributed by atoms with Gasteiger partial charge in [0, 0.05) is 13.1 Å². The highest BCUT2D eigenvalue weighted by atomic mass is 32.1. The van der Waals surface area contributed by atoms with Crippen LogP contribution < -0.4 is 5.73 Å². The molecule has 0 spiro atoms. The zero-order chi connectivity index (χ0) is 11.5. The van der Waals surface area contributed by atoms with Crippen LogP contribution in [0.25, 0.3) is 0 Å². The second-order valence-corrected chi connectivity index (χ2v) is 4.89. The summed E-state index contributed by atoms with van der Waals surface area (Å²) in [7, 11) is 1.95. The van der Waals surface area contributed by atoms with Crippen LogP contribution in [0.15, 0.2) is 22.9 Å². The van der Waals surface area contributed by atoms with Gasteiger partial charge in [0.1, 0.15) is 0 Å². The normalized spacial score (nSPS) is 12.9. The number of rotatable bonds is 4. The first-order chi connectivity index (χ1) is 7.66. The van der Waals surface area contributed by atoms with E-state index in [0.717, 1.165) is 24.2 Å². The lowest BCUT2D eigenvalue weighted by molar-refractivity contribution is 0.581. The largest absolute Gasteiger partial charge is 0.323 e. The highest BCUT2D eigenvalue weighted by molar-refractivity contribution is 7.07. The molecular weight excluding hydrogens is 218 g/mol. The Bertz CT molecular complexity index is 445. The van der Waals surface area contributed by atoms with Crippen molar-refractivity contribution in [2.75, 3.05) is 0 Å². The fourth-order valence-corrected chi connectivity index (χ4v) is 2.59. The molecule has 0 saturated carbocycles. The van der Waals surface area contributed by atoms with Crippen LogP contribution in [0.5, 0.6) is 0 Å². The number of nitrogens with zero attached hydrogens (tertiary/aromatic N) is 2. The zero-order valence-corrected chi connectivity index (χ0v) is 10.5. The quantitative estimate of drug-likeness (QED) is 0.884. The van der Waals surface area contributed by atoms with Crippen molar-refractivity contribution in [1.29, 1.82) is 0 Å². The Balaban J connectivity index is 1.98. The Morgan fingerprint density at radius 2 is 2.38 bits per heavy atom. The maximum atomic E-state index is 6.17. The van der Waals surface area contributed by atoms with Gasteiger partial charge < -0.3 is 5.73 Å². The second-order valence-electron chi connectivity index (χ2n) is 4.11. The average molecular weight is 235 g/mol. The van der Waals surface area contributed by atoms with Gasteiger partial charge in [-0.25, -0.2) is 0 Å². The minimum absolute atomic E-state index is 0.0751. The lowest BCUT2D eigenvalue weighted by Gasteiger charge is -2.11. The first kappa shape index (κ1) is 11.4.